The minimum absolute atomic E-state index is 0.00968. The summed E-state index contributed by atoms with van der Waals surface area (Å²) >= 11 is 3.36. The van der Waals surface area contributed by atoms with Crippen LogP contribution in [0, 0.1) is 17.8 Å². The molecule has 1 fully saturated rings. The molecule has 0 bridgehead atoms. The summed E-state index contributed by atoms with van der Waals surface area (Å²) in [5.41, 5.74) is 0.632. The highest BCUT2D eigenvalue weighted by atomic mass is 79.9. The lowest BCUT2D eigenvalue weighted by molar-refractivity contribution is 0.0863. The maximum Gasteiger partial charge on any atom is 0.267 e. The molecule has 3 nitrogen and oxygen atoms in total. The van der Waals surface area contributed by atoms with Gasteiger partial charge >= 0.3 is 0 Å². The third-order valence-electron chi connectivity index (χ3n) is 4.23. The summed E-state index contributed by atoms with van der Waals surface area (Å²) in [6.07, 6.45) is 5.39. The molecule has 0 radical (unpaired) electrons. The van der Waals surface area contributed by atoms with Gasteiger partial charge in [-0.25, -0.2) is 0 Å². The Bertz CT molecular complexity index is 441. The molecule has 1 amide bonds. The number of aromatic amines is 1. The van der Waals surface area contributed by atoms with Gasteiger partial charge < -0.3 is 10.3 Å². The van der Waals surface area contributed by atoms with Gasteiger partial charge in [-0.3, -0.25) is 4.79 Å². The Balaban J connectivity index is 2.04. The number of carbonyl (C=O) groups excluding carboxylic acids is 1. The molecule has 0 spiro atoms. The first kappa shape index (κ1) is 14.6. The second-order valence-electron chi connectivity index (χ2n) is 6.14. The molecule has 0 saturated heterocycles. The van der Waals surface area contributed by atoms with Crippen LogP contribution >= 0.6 is 15.9 Å². The van der Waals surface area contributed by atoms with Crippen molar-refractivity contribution in [3.05, 3.63) is 22.4 Å². The lowest BCUT2D eigenvalue weighted by Crippen LogP contribution is -2.45. The van der Waals surface area contributed by atoms with Gasteiger partial charge in [0, 0.05) is 16.7 Å². The van der Waals surface area contributed by atoms with Crippen molar-refractivity contribution in [2.24, 2.45) is 17.8 Å². The number of rotatable bonds is 3. The predicted octanol–water partition coefficient (Wildman–Crippen LogP) is 3.97. The van der Waals surface area contributed by atoms with Crippen molar-refractivity contribution in [1.29, 1.82) is 0 Å². The van der Waals surface area contributed by atoms with Gasteiger partial charge in [-0.2, -0.15) is 0 Å². The second-order valence-corrected chi connectivity index (χ2v) is 7.05. The zero-order chi connectivity index (χ0) is 14.0. The molecular formula is C15H23BrN2O. The standard InChI is InChI=1S/C15H23BrN2O/c1-9(2)12-5-4-10(3)6-13(12)18-15(19)14-7-11(16)8-17-14/h7-10,12-13,17H,4-6H2,1-3H3,(H,18,19). The summed E-state index contributed by atoms with van der Waals surface area (Å²) in [4.78, 5) is 15.2. The number of H-pyrrole nitrogens is 1. The van der Waals surface area contributed by atoms with Gasteiger partial charge in [-0.05, 0) is 52.6 Å². The lowest BCUT2D eigenvalue weighted by Gasteiger charge is -2.37. The fourth-order valence-electron chi connectivity index (χ4n) is 3.11. The van der Waals surface area contributed by atoms with Crippen LogP contribution in [-0.4, -0.2) is 16.9 Å². The summed E-state index contributed by atoms with van der Waals surface area (Å²) < 4.78 is 0.912. The molecule has 4 heteroatoms. The van der Waals surface area contributed by atoms with Crippen LogP contribution in [0.4, 0.5) is 0 Å². The highest BCUT2D eigenvalue weighted by molar-refractivity contribution is 9.10. The molecular weight excluding hydrogens is 304 g/mol. The Labute approximate surface area is 123 Å². The van der Waals surface area contributed by atoms with Gasteiger partial charge in [0.15, 0.2) is 0 Å². The topological polar surface area (TPSA) is 44.9 Å². The molecule has 1 aromatic rings. The fraction of sp³-hybridized carbons (Fsp3) is 0.667. The van der Waals surface area contributed by atoms with Crippen LogP contribution in [0.1, 0.15) is 50.5 Å². The van der Waals surface area contributed by atoms with Crippen LogP contribution < -0.4 is 5.32 Å². The van der Waals surface area contributed by atoms with Crippen molar-refractivity contribution in [1.82, 2.24) is 10.3 Å². The van der Waals surface area contributed by atoms with E-state index in [1.807, 2.05) is 6.07 Å². The predicted molar refractivity (Wildman–Crippen MR) is 81.1 cm³/mol. The van der Waals surface area contributed by atoms with E-state index in [1.165, 1.54) is 12.8 Å². The molecule has 3 atom stereocenters. The van der Waals surface area contributed by atoms with Gasteiger partial charge in [-0.15, -0.1) is 0 Å². The van der Waals surface area contributed by atoms with E-state index in [0.717, 1.165) is 10.9 Å². The Morgan fingerprint density at radius 1 is 1.47 bits per heavy atom. The van der Waals surface area contributed by atoms with Gasteiger partial charge in [0.25, 0.3) is 5.91 Å². The molecule has 19 heavy (non-hydrogen) atoms. The monoisotopic (exact) mass is 326 g/mol. The van der Waals surface area contributed by atoms with Crippen LogP contribution in [0.2, 0.25) is 0 Å². The molecule has 106 valence electrons. The molecule has 1 heterocycles. The van der Waals surface area contributed by atoms with Gasteiger partial charge in [0.2, 0.25) is 0 Å². The zero-order valence-electron chi connectivity index (χ0n) is 11.9. The molecule has 3 unspecified atom stereocenters. The highest BCUT2D eigenvalue weighted by Crippen LogP contribution is 2.33. The summed E-state index contributed by atoms with van der Waals surface area (Å²) in [7, 11) is 0. The molecule has 1 saturated carbocycles. The normalized spacial score (nSPS) is 27.5. The number of nitrogens with one attached hydrogen (secondary N) is 2. The average Bonchev–Trinajstić information content (AvgIpc) is 2.75. The first-order chi connectivity index (χ1) is 8.97. The van der Waals surface area contributed by atoms with E-state index in [2.05, 4.69) is 47.0 Å². The van der Waals surface area contributed by atoms with E-state index in [0.29, 0.717) is 29.5 Å². The minimum atomic E-state index is 0.00968. The lowest BCUT2D eigenvalue weighted by atomic mass is 9.74. The third kappa shape index (κ3) is 3.62. The van der Waals surface area contributed by atoms with E-state index >= 15 is 0 Å². The fourth-order valence-corrected chi connectivity index (χ4v) is 3.46. The third-order valence-corrected chi connectivity index (χ3v) is 4.69. The van der Waals surface area contributed by atoms with Crippen molar-refractivity contribution in [3.8, 4) is 0 Å². The molecule has 0 aromatic carbocycles. The van der Waals surface area contributed by atoms with Gasteiger partial charge in [0.05, 0.1) is 0 Å². The first-order valence-corrected chi connectivity index (χ1v) is 7.91. The van der Waals surface area contributed by atoms with Crippen molar-refractivity contribution in [3.63, 3.8) is 0 Å². The average molecular weight is 327 g/mol. The van der Waals surface area contributed by atoms with Crippen molar-refractivity contribution in [2.45, 2.75) is 46.1 Å². The summed E-state index contributed by atoms with van der Waals surface area (Å²) in [5, 5.41) is 3.22. The Kier molecular flexibility index (Phi) is 4.71. The van der Waals surface area contributed by atoms with Crippen LogP contribution in [0.3, 0.4) is 0 Å². The van der Waals surface area contributed by atoms with E-state index in [4.69, 9.17) is 0 Å². The maximum absolute atomic E-state index is 12.2. The highest BCUT2D eigenvalue weighted by Gasteiger charge is 2.31. The second kappa shape index (κ2) is 6.12. The molecule has 1 aliphatic carbocycles. The Morgan fingerprint density at radius 3 is 2.79 bits per heavy atom. The van der Waals surface area contributed by atoms with Gasteiger partial charge in [0.1, 0.15) is 5.69 Å². The SMILES string of the molecule is CC1CCC(C(C)C)C(NC(=O)c2cc(Br)c[nH]2)C1. The number of hydrogen-bond acceptors (Lipinski definition) is 1. The largest absolute Gasteiger partial charge is 0.356 e. The summed E-state index contributed by atoms with van der Waals surface area (Å²) in [6, 6.07) is 2.13. The molecule has 1 aromatic heterocycles. The zero-order valence-corrected chi connectivity index (χ0v) is 13.5. The number of hydrogen-bond donors (Lipinski definition) is 2. The van der Waals surface area contributed by atoms with Gasteiger partial charge in [-0.1, -0.05) is 27.2 Å². The number of halogens is 1. The van der Waals surface area contributed by atoms with Crippen LogP contribution in [0.25, 0.3) is 0 Å². The van der Waals surface area contributed by atoms with E-state index < -0.39 is 0 Å². The smallest absolute Gasteiger partial charge is 0.267 e. The van der Waals surface area contributed by atoms with Crippen molar-refractivity contribution < 1.29 is 4.79 Å². The maximum atomic E-state index is 12.2. The number of aromatic nitrogens is 1. The number of amides is 1. The molecule has 2 N–H and O–H groups in total. The molecule has 1 aliphatic rings. The first-order valence-electron chi connectivity index (χ1n) is 7.12. The quantitative estimate of drug-likeness (QED) is 0.867. The minimum Gasteiger partial charge on any atom is -0.356 e. The van der Waals surface area contributed by atoms with E-state index in [9.17, 15) is 4.79 Å². The van der Waals surface area contributed by atoms with Crippen LogP contribution in [-0.2, 0) is 0 Å². The van der Waals surface area contributed by atoms with E-state index in [1.54, 1.807) is 6.20 Å². The van der Waals surface area contributed by atoms with E-state index in [-0.39, 0.29) is 5.91 Å². The molecule has 2 rings (SSSR count). The summed E-state index contributed by atoms with van der Waals surface area (Å²) in [5.74, 6) is 1.93. The van der Waals surface area contributed by atoms with Crippen LogP contribution in [0.15, 0.2) is 16.7 Å². The van der Waals surface area contributed by atoms with Crippen LogP contribution in [0.5, 0.6) is 0 Å². The Morgan fingerprint density at radius 2 is 2.21 bits per heavy atom. The Hall–Kier alpha value is -0.770. The van der Waals surface area contributed by atoms with Crippen molar-refractivity contribution in [2.75, 3.05) is 0 Å². The molecule has 0 aliphatic heterocycles. The summed E-state index contributed by atoms with van der Waals surface area (Å²) in [6.45, 7) is 6.79. The number of carbonyl (C=O) groups is 1. The van der Waals surface area contributed by atoms with Crippen molar-refractivity contribution >= 4 is 21.8 Å².